The molecule has 0 saturated carbocycles. The van der Waals surface area contributed by atoms with E-state index >= 15 is 0 Å². The van der Waals surface area contributed by atoms with Gasteiger partial charge in [-0.2, -0.15) is 15.6 Å². The van der Waals surface area contributed by atoms with Gasteiger partial charge in [-0.25, -0.2) is 24.0 Å². The van der Waals surface area contributed by atoms with E-state index in [-0.39, 0.29) is 18.5 Å². The normalized spacial score (nSPS) is 17.6. The molecule has 0 radical (unpaired) electrons. The van der Waals surface area contributed by atoms with Crippen molar-refractivity contribution >= 4 is 17.2 Å². The van der Waals surface area contributed by atoms with Gasteiger partial charge >= 0.3 is 0 Å². The van der Waals surface area contributed by atoms with E-state index in [1.807, 2.05) is 77.7 Å². The highest BCUT2D eigenvalue weighted by Gasteiger charge is 2.34. The van der Waals surface area contributed by atoms with Crippen molar-refractivity contribution < 1.29 is 9.50 Å². The Kier molecular flexibility index (Phi) is 19.1. The number of anilines is 3. The van der Waals surface area contributed by atoms with Crippen LogP contribution in [0.1, 0.15) is 61.6 Å². The van der Waals surface area contributed by atoms with E-state index in [4.69, 9.17) is 15.5 Å². The fourth-order valence-electron chi connectivity index (χ4n) is 16.4. The number of aromatic nitrogens is 12. The number of benzene rings is 5. The van der Waals surface area contributed by atoms with Crippen molar-refractivity contribution in [3.63, 3.8) is 0 Å². The summed E-state index contributed by atoms with van der Waals surface area (Å²) in [5.41, 5.74) is 20.1. The summed E-state index contributed by atoms with van der Waals surface area (Å²) in [4.78, 5) is 26.4. The van der Waals surface area contributed by atoms with Crippen molar-refractivity contribution in [2.45, 2.75) is 59.3 Å². The number of pyridine rings is 1. The molecule has 0 amide bonds. The van der Waals surface area contributed by atoms with Gasteiger partial charge in [0.15, 0.2) is 17.5 Å². The van der Waals surface area contributed by atoms with Crippen molar-refractivity contribution in [3.05, 3.63) is 217 Å². The zero-order valence-electron chi connectivity index (χ0n) is 61.2. The standard InChI is InChI=1S/C30H33N7O.C27H29FN6.C27H27N7/c1-20(2)27(18-38)32-14-22-9-10-35(15-22)26-7-8-28-25(11-26)17-36-16-24(23-5-3-21(13-31)4-6-23)12-29(36)30-34-33-19-37(28)30;1-18-13-33(16-21(18)14-31(2)3)26-9-8-24-23(30-26)17-32-15-20(19-4-6-22(28)7-5-19)12-25(32)27-29-10-11-34(24)27;1-31(2)14-20-9-10-32(15-20)24-7-8-25-23(11-24)17-33-16-22(21-5-3-19(13-28)4-6-21)12-26(33)27-29-18-30-34(25)27/h3-8,11-12,16,19-20,22,27,32,38H,9-10,14-15,17-18H2,1-2H3;4-12,15,18,21H,13-14,16-17H2,1-3H3;3-8,11-12,16,18,20H,9-10,14-15,17H2,1-2H3/t22-,27-;18-,21+;20-/m011/s1. The van der Waals surface area contributed by atoms with E-state index in [9.17, 15) is 9.50 Å². The molecule has 3 fully saturated rings. The van der Waals surface area contributed by atoms with Crippen molar-refractivity contribution in [2.75, 3.05) is 108 Å². The number of nitriles is 2. The van der Waals surface area contributed by atoms with Crippen LogP contribution in [-0.2, 0) is 19.6 Å². The number of rotatable bonds is 15. The Bertz CT molecular complexity index is 5230. The molecule has 7 aromatic heterocycles. The highest BCUT2D eigenvalue weighted by atomic mass is 19.1. The van der Waals surface area contributed by atoms with Crippen LogP contribution in [0.2, 0.25) is 0 Å². The summed E-state index contributed by atoms with van der Waals surface area (Å²) in [5.74, 6) is 6.35. The lowest BCUT2D eigenvalue weighted by atomic mass is 9.98. The average Bonchev–Trinajstić information content (AvgIpc) is 1.62. The number of nitrogens with one attached hydrogen (secondary N) is 1. The van der Waals surface area contributed by atoms with Crippen LogP contribution in [0, 0.1) is 58.1 Å². The van der Waals surface area contributed by atoms with Gasteiger partial charge in [0.05, 0.1) is 76.3 Å². The fraction of sp³-hybridized carbons (Fsp3) is 0.333. The van der Waals surface area contributed by atoms with Crippen molar-refractivity contribution in [1.29, 1.82) is 10.5 Å². The third-order valence-electron chi connectivity index (χ3n) is 22.1. The number of nitrogens with zero attached hydrogens (tertiary/aromatic N) is 19. The first-order chi connectivity index (χ1) is 51.6. The first-order valence-electron chi connectivity index (χ1n) is 37.0. The largest absolute Gasteiger partial charge is 0.395 e. The quantitative estimate of drug-likeness (QED) is 0.0980. The molecule has 6 aliphatic heterocycles. The van der Waals surface area contributed by atoms with Gasteiger partial charge < -0.3 is 48.6 Å². The minimum Gasteiger partial charge on any atom is -0.395 e. The van der Waals surface area contributed by atoms with E-state index in [2.05, 4.69) is 224 Å². The lowest BCUT2D eigenvalue weighted by Gasteiger charge is -2.23. The van der Waals surface area contributed by atoms with Crippen LogP contribution in [0.15, 0.2) is 183 Å². The summed E-state index contributed by atoms with van der Waals surface area (Å²) in [7, 11) is 8.60. The second-order valence-electron chi connectivity index (χ2n) is 30.3. The first-order valence-corrected chi connectivity index (χ1v) is 37.0. The number of aliphatic hydroxyl groups excluding tert-OH is 1. The maximum atomic E-state index is 13.4. The second kappa shape index (κ2) is 29.3. The number of hydrogen-bond donors (Lipinski definition) is 2. The van der Waals surface area contributed by atoms with Crippen molar-refractivity contribution in [1.82, 2.24) is 72.9 Å². The monoisotopic (exact) mass is 1410 g/mol. The lowest BCUT2D eigenvalue weighted by Crippen LogP contribution is -2.40. The maximum Gasteiger partial charge on any atom is 0.185 e. The van der Waals surface area contributed by atoms with Crippen LogP contribution in [0.3, 0.4) is 0 Å². The first kappa shape index (κ1) is 69.1. The second-order valence-corrected chi connectivity index (χ2v) is 30.3. The molecule has 2 N–H and O–H groups in total. The molecule has 12 aromatic rings. The van der Waals surface area contributed by atoms with Crippen molar-refractivity contribution in [2.24, 2.45) is 29.6 Å². The molecule has 0 aliphatic carbocycles. The number of hydrogen-bond acceptors (Lipinski definition) is 15. The molecule has 3 saturated heterocycles. The summed E-state index contributed by atoms with van der Waals surface area (Å²) in [6, 6.07) is 50.9. The van der Waals surface area contributed by atoms with Crippen molar-refractivity contribution in [3.8, 4) is 97.1 Å². The number of halogens is 1. The van der Waals surface area contributed by atoms with Crippen LogP contribution < -0.4 is 20.0 Å². The summed E-state index contributed by atoms with van der Waals surface area (Å²) >= 11 is 0. The minimum atomic E-state index is -0.227. The number of fused-ring (bicyclic) bond motifs is 15. The van der Waals surface area contributed by atoms with Crippen LogP contribution in [-0.4, -0.2) is 172 Å². The minimum absolute atomic E-state index is 0.152. The zero-order valence-corrected chi connectivity index (χ0v) is 61.2. The van der Waals surface area contributed by atoms with E-state index in [1.165, 1.54) is 41.1 Å². The summed E-state index contributed by atoms with van der Waals surface area (Å²) in [5, 5.41) is 44.8. The van der Waals surface area contributed by atoms with Crippen LogP contribution in [0.4, 0.5) is 21.6 Å². The van der Waals surface area contributed by atoms with Gasteiger partial charge in [-0.1, -0.05) is 57.2 Å². The Balaban J connectivity index is 0.000000122. The Hall–Kier alpha value is -11.3. The van der Waals surface area contributed by atoms with Gasteiger partial charge in [0.2, 0.25) is 0 Å². The van der Waals surface area contributed by atoms with E-state index in [0.717, 1.165) is 175 Å². The summed E-state index contributed by atoms with van der Waals surface area (Å²) in [6.07, 6.45) is 16.1. The Morgan fingerprint density at radius 2 is 1.15 bits per heavy atom. The predicted octanol–water partition coefficient (Wildman–Crippen LogP) is 12.6. The average molecular weight is 1410 g/mol. The lowest BCUT2D eigenvalue weighted by molar-refractivity contribution is 0.206. The molecular formula is C84H89FN20O. The third kappa shape index (κ3) is 13.9. The molecule has 0 unspecified atom stereocenters. The molecule has 21 nitrogen and oxygen atoms in total. The molecule has 106 heavy (non-hydrogen) atoms. The van der Waals surface area contributed by atoms with Gasteiger partial charge in [0, 0.05) is 137 Å². The van der Waals surface area contributed by atoms with Crippen LogP contribution in [0.5, 0.6) is 0 Å². The van der Waals surface area contributed by atoms with E-state index in [1.54, 1.807) is 12.7 Å². The predicted molar refractivity (Wildman–Crippen MR) is 414 cm³/mol. The number of imidazole rings is 1. The zero-order chi connectivity index (χ0) is 72.9. The third-order valence-corrected chi connectivity index (χ3v) is 22.1. The van der Waals surface area contributed by atoms with Crippen LogP contribution >= 0.6 is 0 Å². The molecule has 0 bridgehead atoms. The summed E-state index contributed by atoms with van der Waals surface area (Å²) in [6.45, 7) is 18.5. The molecule has 5 atom stereocenters. The number of aliphatic hydroxyl groups is 1. The Labute approximate surface area is 618 Å². The molecule has 18 rings (SSSR count). The highest BCUT2D eigenvalue weighted by Crippen LogP contribution is 2.40. The molecule has 6 aliphatic rings. The summed E-state index contributed by atoms with van der Waals surface area (Å²) < 4.78 is 26.3. The smallest absolute Gasteiger partial charge is 0.185 e. The molecule has 13 heterocycles. The van der Waals surface area contributed by atoms with Crippen LogP contribution in [0.25, 0.3) is 85.0 Å². The molecule has 0 spiro atoms. The molecule has 22 heteroatoms. The van der Waals surface area contributed by atoms with Gasteiger partial charge in [-0.3, -0.25) is 9.13 Å². The molecule has 5 aromatic carbocycles. The molecule has 538 valence electrons. The van der Waals surface area contributed by atoms with E-state index in [0.29, 0.717) is 47.3 Å². The SMILES string of the molecule is CC(C)[C@H](CO)NC[C@@H]1CCN(c2ccc3c(c2)Cn2cc(-c4ccc(C#N)cc4)cc2-c2nncn2-3)C1.CN(C)C[C@H]1CCN(c2ccc3c(c2)Cn2cc(-c4ccc(C#N)cc4)cc2-c2ncnn2-3)C1.C[C@@H]1CN(c2ccc3c(n2)Cn2cc(-c4ccc(F)cc4)cc2-c2nccn2-3)C[C@@H]1CN(C)C. The van der Waals surface area contributed by atoms with Gasteiger partial charge in [-0.15, -0.1) is 10.2 Å². The maximum absolute atomic E-state index is 13.4. The van der Waals surface area contributed by atoms with Gasteiger partial charge in [0.1, 0.15) is 24.3 Å². The topological polar surface area (TPSA) is 203 Å². The van der Waals surface area contributed by atoms with E-state index < -0.39 is 0 Å². The Morgan fingerprint density at radius 3 is 1.76 bits per heavy atom. The van der Waals surface area contributed by atoms with Gasteiger partial charge in [-0.05, 0) is 202 Å². The Morgan fingerprint density at radius 1 is 0.585 bits per heavy atom. The van der Waals surface area contributed by atoms with Gasteiger partial charge in [0.25, 0.3) is 0 Å². The molecular weight excluding hydrogens is 1320 g/mol. The fourth-order valence-corrected chi connectivity index (χ4v) is 16.4. The highest BCUT2D eigenvalue weighted by molar-refractivity contribution is 5.75.